The predicted molar refractivity (Wildman–Crippen MR) is 110 cm³/mol. The Bertz CT molecular complexity index is 1040. The van der Waals surface area contributed by atoms with Gasteiger partial charge in [0.15, 0.2) is 5.82 Å². The molecular weight excluding hydrogens is 382 g/mol. The number of anilines is 1. The fourth-order valence-electron chi connectivity index (χ4n) is 4.18. The fourth-order valence-corrected chi connectivity index (χ4v) is 4.18. The van der Waals surface area contributed by atoms with Crippen molar-refractivity contribution in [3.63, 3.8) is 0 Å². The van der Waals surface area contributed by atoms with Crippen molar-refractivity contribution in [3.05, 3.63) is 77.4 Å². The van der Waals surface area contributed by atoms with Gasteiger partial charge in [0.1, 0.15) is 0 Å². The van der Waals surface area contributed by atoms with Gasteiger partial charge in [0.25, 0.3) is 0 Å². The molecule has 154 valence electrons. The quantitative estimate of drug-likeness (QED) is 0.637. The smallest absolute Gasteiger partial charge is 0.337 e. The van der Waals surface area contributed by atoms with Crippen molar-refractivity contribution in [1.29, 1.82) is 0 Å². The Morgan fingerprint density at radius 3 is 2.43 bits per heavy atom. The Balaban J connectivity index is 1.54. The summed E-state index contributed by atoms with van der Waals surface area (Å²) < 4.78 is 5.64. The standard InChI is InChI=1S/C23H23N3O4/c27-20(24-18-12-6-5-11-17(18)21(28)29)15-19-25-22(30-26-19)23(13-7-2-8-14-23)16-9-3-1-4-10-16/h1,3-6,9-12H,2,7-8,13-15H2,(H,24,27)(H,28,29). The van der Waals surface area contributed by atoms with E-state index in [1.165, 1.54) is 12.5 Å². The van der Waals surface area contributed by atoms with E-state index in [9.17, 15) is 14.7 Å². The van der Waals surface area contributed by atoms with E-state index in [1.807, 2.05) is 18.2 Å². The zero-order valence-electron chi connectivity index (χ0n) is 16.5. The number of carbonyl (C=O) groups excluding carboxylic acids is 1. The van der Waals surface area contributed by atoms with E-state index < -0.39 is 11.9 Å². The van der Waals surface area contributed by atoms with E-state index >= 15 is 0 Å². The number of para-hydroxylation sites is 1. The van der Waals surface area contributed by atoms with Crippen molar-refractivity contribution in [1.82, 2.24) is 10.1 Å². The first-order valence-corrected chi connectivity index (χ1v) is 10.1. The monoisotopic (exact) mass is 405 g/mol. The molecule has 2 N–H and O–H groups in total. The zero-order chi connectivity index (χ0) is 21.0. The molecule has 1 heterocycles. The Morgan fingerprint density at radius 1 is 1.00 bits per heavy atom. The molecule has 7 nitrogen and oxygen atoms in total. The van der Waals surface area contributed by atoms with Crippen molar-refractivity contribution in [2.75, 3.05) is 5.32 Å². The molecule has 2 aromatic carbocycles. The van der Waals surface area contributed by atoms with Crippen molar-refractivity contribution < 1.29 is 19.2 Å². The molecule has 0 atom stereocenters. The maximum Gasteiger partial charge on any atom is 0.337 e. The van der Waals surface area contributed by atoms with Gasteiger partial charge in [0.2, 0.25) is 11.8 Å². The molecular formula is C23H23N3O4. The Morgan fingerprint density at radius 2 is 1.70 bits per heavy atom. The van der Waals surface area contributed by atoms with Gasteiger partial charge >= 0.3 is 5.97 Å². The summed E-state index contributed by atoms with van der Waals surface area (Å²) in [5, 5.41) is 15.9. The molecule has 1 aromatic heterocycles. The molecule has 1 aliphatic carbocycles. The molecule has 0 radical (unpaired) electrons. The second kappa shape index (κ2) is 8.49. The van der Waals surface area contributed by atoms with Gasteiger partial charge < -0.3 is 14.9 Å². The largest absolute Gasteiger partial charge is 0.478 e. The van der Waals surface area contributed by atoms with Gasteiger partial charge in [-0.25, -0.2) is 4.79 Å². The van der Waals surface area contributed by atoms with Gasteiger partial charge in [-0.3, -0.25) is 4.79 Å². The van der Waals surface area contributed by atoms with Crippen LogP contribution >= 0.6 is 0 Å². The zero-order valence-corrected chi connectivity index (χ0v) is 16.5. The normalized spacial score (nSPS) is 15.5. The molecule has 3 aromatic rings. The summed E-state index contributed by atoms with van der Waals surface area (Å²) in [6.45, 7) is 0. The average Bonchev–Trinajstić information content (AvgIpc) is 3.24. The van der Waals surface area contributed by atoms with Gasteiger partial charge in [0.05, 0.1) is 23.1 Å². The van der Waals surface area contributed by atoms with Crippen LogP contribution in [0.5, 0.6) is 0 Å². The first-order chi connectivity index (χ1) is 14.6. The number of amides is 1. The summed E-state index contributed by atoms with van der Waals surface area (Å²) >= 11 is 0. The molecule has 1 amide bonds. The summed E-state index contributed by atoms with van der Waals surface area (Å²) in [5.41, 5.74) is 1.10. The number of carbonyl (C=O) groups is 2. The number of carboxylic acids is 1. The topological polar surface area (TPSA) is 105 Å². The molecule has 1 aliphatic rings. The van der Waals surface area contributed by atoms with E-state index in [-0.39, 0.29) is 28.9 Å². The van der Waals surface area contributed by atoms with Gasteiger partial charge in [0, 0.05) is 0 Å². The minimum Gasteiger partial charge on any atom is -0.478 e. The van der Waals surface area contributed by atoms with Crippen molar-refractivity contribution in [3.8, 4) is 0 Å². The number of hydrogen-bond donors (Lipinski definition) is 2. The van der Waals surface area contributed by atoms with E-state index in [0.29, 0.717) is 5.89 Å². The second-order valence-electron chi connectivity index (χ2n) is 7.60. The van der Waals surface area contributed by atoms with E-state index in [0.717, 1.165) is 31.2 Å². The third-order valence-corrected chi connectivity index (χ3v) is 5.66. The Hall–Kier alpha value is -3.48. The van der Waals surface area contributed by atoms with Gasteiger partial charge in [-0.15, -0.1) is 0 Å². The predicted octanol–water partition coefficient (Wildman–Crippen LogP) is 4.20. The highest BCUT2D eigenvalue weighted by Gasteiger charge is 2.40. The summed E-state index contributed by atoms with van der Waals surface area (Å²) in [7, 11) is 0. The van der Waals surface area contributed by atoms with Crippen LogP contribution in [-0.4, -0.2) is 27.1 Å². The number of aromatic nitrogens is 2. The van der Waals surface area contributed by atoms with Gasteiger partial charge in [-0.1, -0.05) is 66.9 Å². The lowest BCUT2D eigenvalue weighted by Gasteiger charge is -2.34. The molecule has 1 fully saturated rings. The number of benzene rings is 2. The van der Waals surface area contributed by atoms with Crippen LogP contribution in [0.2, 0.25) is 0 Å². The summed E-state index contributed by atoms with van der Waals surface area (Å²) in [6, 6.07) is 16.5. The number of nitrogens with zero attached hydrogens (tertiary/aromatic N) is 2. The lowest BCUT2D eigenvalue weighted by Crippen LogP contribution is -2.31. The van der Waals surface area contributed by atoms with Crippen LogP contribution in [0.25, 0.3) is 0 Å². The number of aromatic carboxylic acids is 1. The van der Waals surface area contributed by atoms with Crippen LogP contribution in [0.3, 0.4) is 0 Å². The highest BCUT2D eigenvalue weighted by Crippen LogP contribution is 2.44. The number of nitrogens with one attached hydrogen (secondary N) is 1. The molecule has 0 unspecified atom stereocenters. The first-order valence-electron chi connectivity index (χ1n) is 10.1. The maximum absolute atomic E-state index is 12.5. The highest BCUT2D eigenvalue weighted by molar-refractivity contribution is 6.00. The molecule has 0 spiro atoms. The van der Waals surface area contributed by atoms with Crippen LogP contribution in [0.1, 0.15) is 59.7 Å². The lowest BCUT2D eigenvalue weighted by atomic mass is 9.69. The minimum absolute atomic E-state index is 0.0323. The van der Waals surface area contributed by atoms with Crippen molar-refractivity contribution in [2.45, 2.75) is 43.9 Å². The number of carboxylic acid groups (broad SMARTS) is 1. The first kappa shape index (κ1) is 19.8. The second-order valence-corrected chi connectivity index (χ2v) is 7.60. The Labute approximate surface area is 174 Å². The third kappa shape index (κ3) is 3.96. The van der Waals surface area contributed by atoms with Gasteiger partial charge in [-0.2, -0.15) is 4.98 Å². The Kier molecular flexibility index (Phi) is 5.61. The van der Waals surface area contributed by atoms with Crippen molar-refractivity contribution >= 4 is 17.6 Å². The molecule has 30 heavy (non-hydrogen) atoms. The van der Waals surface area contributed by atoms with Crippen molar-refractivity contribution in [2.24, 2.45) is 0 Å². The van der Waals surface area contributed by atoms with Crippen LogP contribution in [0.15, 0.2) is 59.1 Å². The number of hydrogen-bond acceptors (Lipinski definition) is 5. The molecule has 0 bridgehead atoms. The SMILES string of the molecule is O=C(Cc1noc(C2(c3ccccc3)CCCCC2)n1)Nc1ccccc1C(=O)O. The molecule has 0 aliphatic heterocycles. The van der Waals surface area contributed by atoms with Crippen LogP contribution in [0, 0.1) is 0 Å². The molecule has 7 heteroatoms. The summed E-state index contributed by atoms with van der Waals surface area (Å²) in [4.78, 5) is 28.4. The summed E-state index contributed by atoms with van der Waals surface area (Å²) in [6.07, 6.45) is 5.11. The maximum atomic E-state index is 12.5. The highest BCUT2D eigenvalue weighted by atomic mass is 16.5. The van der Waals surface area contributed by atoms with Crippen LogP contribution in [-0.2, 0) is 16.6 Å². The third-order valence-electron chi connectivity index (χ3n) is 5.66. The average molecular weight is 405 g/mol. The fraction of sp³-hybridized carbons (Fsp3) is 0.304. The molecule has 4 rings (SSSR count). The minimum atomic E-state index is -1.10. The van der Waals surface area contributed by atoms with Gasteiger partial charge in [-0.05, 0) is 30.5 Å². The van der Waals surface area contributed by atoms with Crippen LogP contribution in [0.4, 0.5) is 5.69 Å². The summed E-state index contributed by atoms with van der Waals surface area (Å²) in [5.74, 6) is -0.665. The number of rotatable bonds is 6. The lowest BCUT2D eigenvalue weighted by molar-refractivity contribution is -0.115. The molecule has 1 saturated carbocycles. The molecule has 0 saturated heterocycles. The van der Waals surface area contributed by atoms with E-state index in [4.69, 9.17) is 4.52 Å². The van der Waals surface area contributed by atoms with E-state index in [1.54, 1.807) is 18.2 Å². The van der Waals surface area contributed by atoms with E-state index in [2.05, 4.69) is 27.6 Å². The van der Waals surface area contributed by atoms with Crippen LogP contribution < -0.4 is 5.32 Å².